The molecule has 7 heteroatoms. The number of hydrogen-bond acceptors (Lipinski definition) is 5. The first kappa shape index (κ1) is 19.3. The van der Waals surface area contributed by atoms with Crippen LogP contribution >= 0.6 is 0 Å². The van der Waals surface area contributed by atoms with Gasteiger partial charge in [0.25, 0.3) is 0 Å². The van der Waals surface area contributed by atoms with Gasteiger partial charge in [-0.05, 0) is 38.5 Å². The van der Waals surface area contributed by atoms with Gasteiger partial charge in [-0.25, -0.2) is 12.8 Å². The summed E-state index contributed by atoms with van der Waals surface area (Å²) in [6, 6.07) is 4.24. The monoisotopic (exact) mass is 358 g/mol. The summed E-state index contributed by atoms with van der Waals surface area (Å²) in [4.78, 5) is 2.12. The minimum atomic E-state index is -3.53. The number of ether oxygens (including phenoxy) is 1. The minimum Gasteiger partial charge on any atom is -0.378 e. The second-order valence-electron chi connectivity index (χ2n) is 6.99. The van der Waals surface area contributed by atoms with Gasteiger partial charge in [0, 0.05) is 37.5 Å². The van der Waals surface area contributed by atoms with E-state index in [2.05, 4.69) is 24.1 Å². The van der Waals surface area contributed by atoms with Gasteiger partial charge in [0.15, 0.2) is 9.84 Å². The molecule has 0 bridgehead atoms. The SMILES string of the molecule is CC(NCCN1CCOCC1(C)C)c1ccc(S(C)(=O)=O)c(F)c1. The molecule has 1 saturated heterocycles. The number of morpholine rings is 1. The van der Waals surface area contributed by atoms with E-state index < -0.39 is 15.7 Å². The van der Waals surface area contributed by atoms with Crippen LogP contribution in [0.5, 0.6) is 0 Å². The zero-order valence-corrected chi connectivity index (χ0v) is 15.6. The number of sulfone groups is 1. The Balaban J connectivity index is 1.93. The number of nitrogens with one attached hydrogen (secondary N) is 1. The van der Waals surface area contributed by atoms with Crippen LogP contribution in [0.1, 0.15) is 32.4 Å². The molecular weight excluding hydrogens is 331 g/mol. The van der Waals surface area contributed by atoms with Crippen LogP contribution in [-0.2, 0) is 14.6 Å². The Morgan fingerprint density at radius 2 is 2.12 bits per heavy atom. The molecule has 2 rings (SSSR count). The fourth-order valence-corrected chi connectivity index (χ4v) is 3.65. The third-order valence-electron chi connectivity index (χ3n) is 4.50. The summed E-state index contributed by atoms with van der Waals surface area (Å²) in [5.74, 6) is -0.696. The molecule has 1 unspecified atom stereocenters. The first-order valence-electron chi connectivity index (χ1n) is 8.17. The zero-order chi connectivity index (χ0) is 18.0. The van der Waals surface area contributed by atoms with Crippen LogP contribution in [0.2, 0.25) is 0 Å². The van der Waals surface area contributed by atoms with Gasteiger partial charge < -0.3 is 10.1 Å². The normalized spacial score (nSPS) is 20.0. The molecule has 1 aromatic rings. The van der Waals surface area contributed by atoms with Crippen molar-refractivity contribution < 1.29 is 17.5 Å². The van der Waals surface area contributed by atoms with Crippen molar-refractivity contribution >= 4 is 9.84 Å². The van der Waals surface area contributed by atoms with Gasteiger partial charge in [-0.15, -0.1) is 0 Å². The predicted octanol–water partition coefficient (Wildman–Crippen LogP) is 1.99. The Kier molecular flexibility index (Phi) is 6.01. The molecule has 1 fully saturated rings. The smallest absolute Gasteiger partial charge is 0.178 e. The summed E-state index contributed by atoms with van der Waals surface area (Å²) < 4.78 is 42.4. The van der Waals surface area contributed by atoms with Crippen LogP contribution in [0, 0.1) is 5.82 Å². The van der Waals surface area contributed by atoms with E-state index in [1.165, 1.54) is 12.1 Å². The highest BCUT2D eigenvalue weighted by Crippen LogP contribution is 2.21. The van der Waals surface area contributed by atoms with Gasteiger partial charge in [-0.1, -0.05) is 6.07 Å². The lowest BCUT2D eigenvalue weighted by molar-refractivity contribution is -0.0502. The van der Waals surface area contributed by atoms with Gasteiger partial charge >= 0.3 is 0 Å². The third-order valence-corrected chi connectivity index (χ3v) is 5.63. The van der Waals surface area contributed by atoms with E-state index in [4.69, 9.17) is 4.74 Å². The van der Waals surface area contributed by atoms with Crippen molar-refractivity contribution in [2.45, 2.75) is 37.2 Å². The van der Waals surface area contributed by atoms with Crippen LogP contribution in [0.3, 0.4) is 0 Å². The number of rotatable bonds is 6. The highest BCUT2D eigenvalue weighted by atomic mass is 32.2. The van der Waals surface area contributed by atoms with Crippen LogP contribution in [0.25, 0.3) is 0 Å². The first-order chi connectivity index (χ1) is 11.1. The summed E-state index contributed by atoms with van der Waals surface area (Å²) in [5, 5.41) is 3.37. The van der Waals surface area contributed by atoms with Crippen molar-refractivity contribution in [3.63, 3.8) is 0 Å². The average Bonchev–Trinajstić information content (AvgIpc) is 2.47. The molecule has 1 N–H and O–H groups in total. The molecule has 5 nitrogen and oxygen atoms in total. The highest BCUT2D eigenvalue weighted by molar-refractivity contribution is 7.90. The second kappa shape index (κ2) is 7.47. The molecule has 0 aromatic heterocycles. The predicted molar refractivity (Wildman–Crippen MR) is 92.4 cm³/mol. The Morgan fingerprint density at radius 3 is 2.71 bits per heavy atom. The van der Waals surface area contributed by atoms with Crippen LogP contribution in [-0.4, -0.2) is 58.0 Å². The lowest BCUT2D eigenvalue weighted by Gasteiger charge is -2.42. The van der Waals surface area contributed by atoms with E-state index >= 15 is 0 Å². The zero-order valence-electron chi connectivity index (χ0n) is 14.8. The van der Waals surface area contributed by atoms with E-state index in [-0.39, 0.29) is 16.5 Å². The summed E-state index contributed by atoms with van der Waals surface area (Å²) in [5.41, 5.74) is 0.757. The third kappa shape index (κ3) is 4.75. The fourth-order valence-electron chi connectivity index (χ4n) is 2.93. The molecule has 0 amide bonds. The molecule has 136 valence electrons. The lowest BCUT2D eigenvalue weighted by atomic mass is 10.0. The van der Waals surface area contributed by atoms with Gasteiger partial charge in [0.1, 0.15) is 10.7 Å². The van der Waals surface area contributed by atoms with Crippen LogP contribution < -0.4 is 5.32 Å². The molecule has 0 spiro atoms. The maximum atomic E-state index is 14.0. The molecule has 1 aliphatic rings. The van der Waals surface area contributed by atoms with Gasteiger partial charge in [-0.2, -0.15) is 0 Å². The van der Waals surface area contributed by atoms with Crippen molar-refractivity contribution in [3.8, 4) is 0 Å². The molecule has 1 aromatic carbocycles. The molecule has 1 heterocycles. The largest absolute Gasteiger partial charge is 0.378 e. The Bertz CT molecular complexity index is 676. The summed E-state index contributed by atoms with van der Waals surface area (Å²) >= 11 is 0. The standard InChI is InChI=1S/C17H27FN2O3S/c1-13(14-5-6-16(15(18)11-14)24(4,21)22)19-7-8-20-9-10-23-12-17(20,2)3/h5-6,11,13,19H,7-10,12H2,1-4H3. The number of halogens is 1. The second-order valence-corrected chi connectivity index (χ2v) is 8.97. The highest BCUT2D eigenvalue weighted by Gasteiger charge is 2.29. The van der Waals surface area contributed by atoms with E-state index in [0.29, 0.717) is 0 Å². The maximum absolute atomic E-state index is 14.0. The van der Waals surface area contributed by atoms with E-state index in [0.717, 1.165) is 44.7 Å². The minimum absolute atomic E-state index is 0.0202. The van der Waals surface area contributed by atoms with E-state index in [9.17, 15) is 12.8 Å². The molecule has 0 aliphatic carbocycles. The summed E-state index contributed by atoms with van der Waals surface area (Å²) in [6.45, 7) is 10.3. The Labute approximate surface area is 144 Å². The van der Waals surface area contributed by atoms with Crippen molar-refractivity contribution in [1.29, 1.82) is 0 Å². The molecule has 1 atom stereocenters. The van der Waals surface area contributed by atoms with Crippen LogP contribution in [0.15, 0.2) is 23.1 Å². The van der Waals surface area contributed by atoms with Crippen molar-refractivity contribution in [2.24, 2.45) is 0 Å². The van der Waals surface area contributed by atoms with Crippen molar-refractivity contribution in [2.75, 3.05) is 39.1 Å². The average molecular weight is 358 g/mol. The van der Waals surface area contributed by atoms with Crippen molar-refractivity contribution in [3.05, 3.63) is 29.6 Å². The summed E-state index contributed by atoms with van der Waals surface area (Å²) in [6.07, 6.45) is 1.01. The van der Waals surface area contributed by atoms with E-state index in [1.807, 2.05) is 6.92 Å². The Morgan fingerprint density at radius 1 is 1.42 bits per heavy atom. The van der Waals surface area contributed by atoms with Gasteiger partial charge in [-0.3, -0.25) is 4.90 Å². The van der Waals surface area contributed by atoms with Crippen molar-refractivity contribution in [1.82, 2.24) is 10.2 Å². The number of benzene rings is 1. The van der Waals surface area contributed by atoms with Gasteiger partial charge in [0.2, 0.25) is 0 Å². The maximum Gasteiger partial charge on any atom is 0.178 e. The van der Waals surface area contributed by atoms with Gasteiger partial charge in [0.05, 0.1) is 13.2 Å². The lowest BCUT2D eigenvalue weighted by Crippen LogP contribution is -2.54. The quantitative estimate of drug-likeness (QED) is 0.843. The molecular formula is C17H27FN2O3S. The molecule has 0 radical (unpaired) electrons. The molecule has 1 aliphatic heterocycles. The van der Waals surface area contributed by atoms with E-state index in [1.54, 1.807) is 6.07 Å². The summed E-state index contributed by atoms with van der Waals surface area (Å²) in [7, 11) is -3.53. The number of hydrogen-bond donors (Lipinski definition) is 1. The fraction of sp³-hybridized carbons (Fsp3) is 0.647. The molecule has 24 heavy (non-hydrogen) atoms. The topological polar surface area (TPSA) is 58.6 Å². The van der Waals surface area contributed by atoms with Crippen LogP contribution in [0.4, 0.5) is 4.39 Å². The molecule has 0 saturated carbocycles. The first-order valence-corrected chi connectivity index (χ1v) is 10.1. The Hall–Kier alpha value is -1.02. The number of nitrogens with zero attached hydrogens (tertiary/aromatic N) is 1.